The molecule has 0 unspecified atom stereocenters. The van der Waals surface area contributed by atoms with Crippen LogP contribution in [-0.4, -0.2) is 30.8 Å². The van der Waals surface area contributed by atoms with E-state index in [4.69, 9.17) is 4.74 Å². The number of amides is 1. The Morgan fingerprint density at radius 2 is 1.89 bits per heavy atom. The molecule has 0 saturated carbocycles. The van der Waals surface area contributed by atoms with E-state index in [1.54, 1.807) is 20.8 Å². The van der Waals surface area contributed by atoms with Crippen molar-refractivity contribution in [2.45, 2.75) is 52.2 Å². The summed E-state index contributed by atoms with van der Waals surface area (Å²) in [6.45, 7) is 11.0. The molecule has 5 nitrogen and oxygen atoms in total. The fourth-order valence-corrected chi connectivity index (χ4v) is 1.22. The maximum atomic E-state index is 11.6. The highest BCUT2D eigenvalue weighted by Gasteiger charge is 2.25. The van der Waals surface area contributed by atoms with Crippen molar-refractivity contribution in [3.63, 3.8) is 0 Å². The molecule has 0 aliphatic carbocycles. The maximum Gasteiger partial charge on any atom is 0.408 e. The molecule has 0 radical (unpaired) electrons. The lowest BCUT2D eigenvalue weighted by Gasteiger charge is -2.22. The Bertz CT molecular complexity index is 317. The molecule has 5 heteroatoms. The van der Waals surface area contributed by atoms with Crippen LogP contribution in [0.5, 0.6) is 0 Å². The van der Waals surface area contributed by atoms with E-state index in [9.17, 15) is 9.59 Å². The van der Waals surface area contributed by atoms with Gasteiger partial charge in [0.2, 0.25) is 0 Å². The normalized spacial score (nSPS) is 12.5. The third-order valence-corrected chi connectivity index (χ3v) is 2.17. The molecular weight excluding hydrogens is 234 g/mol. The van der Waals surface area contributed by atoms with Gasteiger partial charge in [-0.1, -0.05) is 19.1 Å². The van der Waals surface area contributed by atoms with Crippen molar-refractivity contribution >= 4 is 12.1 Å². The molecule has 0 aromatic rings. The Morgan fingerprint density at radius 3 is 2.28 bits per heavy atom. The Labute approximate surface area is 109 Å². The lowest BCUT2D eigenvalue weighted by atomic mass is 10.1. The van der Waals surface area contributed by atoms with Crippen molar-refractivity contribution in [3.8, 4) is 0 Å². The van der Waals surface area contributed by atoms with Gasteiger partial charge in [-0.3, -0.25) is 0 Å². The van der Waals surface area contributed by atoms with Gasteiger partial charge in [0, 0.05) is 0 Å². The summed E-state index contributed by atoms with van der Waals surface area (Å²) < 4.78 is 9.73. The second-order valence-corrected chi connectivity index (χ2v) is 5.03. The van der Waals surface area contributed by atoms with Crippen LogP contribution in [0.1, 0.15) is 40.5 Å². The minimum absolute atomic E-state index is 0.350. The molecule has 1 amide bonds. The van der Waals surface area contributed by atoms with Crippen LogP contribution < -0.4 is 5.32 Å². The molecule has 0 rings (SSSR count). The molecule has 0 aromatic carbocycles. The van der Waals surface area contributed by atoms with E-state index in [1.807, 2.05) is 6.92 Å². The van der Waals surface area contributed by atoms with E-state index in [0.717, 1.165) is 12.0 Å². The zero-order valence-corrected chi connectivity index (χ0v) is 11.8. The maximum absolute atomic E-state index is 11.6. The van der Waals surface area contributed by atoms with E-state index in [0.29, 0.717) is 6.42 Å². The predicted octanol–water partition coefficient (Wildman–Crippen LogP) is 2.41. The van der Waals surface area contributed by atoms with E-state index < -0.39 is 23.7 Å². The first-order valence-electron chi connectivity index (χ1n) is 5.93. The van der Waals surface area contributed by atoms with Crippen LogP contribution in [0, 0.1) is 0 Å². The van der Waals surface area contributed by atoms with Crippen LogP contribution in [0.3, 0.4) is 0 Å². The molecule has 0 saturated heterocycles. The van der Waals surface area contributed by atoms with Gasteiger partial charge in [0.15, 0.2) is 0 Å². The molecule has 1 atom stereocenters. The third-order valence-electron chi connectivity index (χ3n) is 2.17. The minimum Gasteiger partial charge on any atom is -0.467 e. The molecule has 0 aliphatic rings. The SMILES string of the molecule is C=C(CC)C[C@H](NC(=O)OC(C)(C)C)C(=O)OC. The molecule has 0 spiro atoms. The summed E-state index contributed by atoms with van der Waals surface area (Å²) >= 11 is 0. The minimum atomic E-state index is -0.753. The van der Waals surface area contributed by atoms with Crippen molar-refractivity contribution in [1.29, 1.82) is 0 Å². The van der Waals surface area contributed by atoms with Gasteiger partial charge in [-0.05, 0) is 33.6 Å². The van der Waals surface area contributed by atoms with Crippen LogP contribution in [0.4, 0.5) is 4.79 Å². The topological polar surface area (TPSA) is 64.6 Å². The number of esters is 1. The van der Waals surface area contributed by atoms with E-state index in [-0.39, 0.29) is 0 Å². The van der Waals surface area contributed by atoms with Gasteiger partial charge >= 0.3 is 12.1 Å². The number of carbonyl (C=O) groups excluding carboxylic acids is 2. The van der Waals surface area contributed by atoms with Gasteiger partial charge in [0.25, 0.3) is 0 Å². The zero-order chi connectivity index (χ0) is 14.3. The largest absolute Gasteiger partial charge is 0.467 e. The van der Waals surface area contributed by atoms with Gasteiger partial charge in [0.1, 0.15) is 11.6 Å². The Hall–Kier alpha value is -1.52. The predicted molar refractivity (Wildman–Crippen MR) is 69.2 cm³/mol. The summed E-state index contributed by atoms with van der Waals surface area (Å²) in [7, 11) is 1.28. The Balaban J connectivity index is 4.55. The number of ether oxygens (including phenoxy) is 2. The van der Waals surface area contributed by atoms with Crippen LogP contribution in [0.2, 0.25) is 0 Å². The molecule has 1 N–H and O–H groups in total. The third kappa shape index (κ3) is 6.93. The van der Waals surface area contributed by atoms with Crippen molar-refractivity contribution < 1.29 is 19.1 Å². The van der Waals surface area contributed by atoms with Crippen molar-refractivity contribution in [2.24, 2.45) is 0 Å². The quantitative estimate of drug-likeness (QED) is 0.606. The van der Waals surface area contributed by atoms with E-state index in [2.05, 4.69) is 16.6 Å². The first-order chi connectivity index (χ1) is 8.19. The Morgan fingerprint density at radius 1 is 1.33 bits per heavy atom. The number of nitrogens with one attached hydrogen (secondary N) is 1. The standard InChI is InChI=1S/C13H23NO4/c1-7-9(2)8-10(11(15)17-6)14-12(16)18-13(3,4)5/h10H,2,7-8H2,1,3-6H3,(H,14,16)/t10-/m0/s1. The number of methoxy groups -OCH3 is 1. The van der Waals surface area contributed by atoms with Gasteiger partial charge in [-0.2, -0.15) is 0 Å². The number of rotatable bonds is 5. The van der Waals surface area contributed by atoms with Crippen molar-refractivity contribution in [1.82, 2.24) is 5.32 Å². The lowest BCUT2D eigenvalue weighted by molar-refractivity contribution is -0.143. The van der Waals surface area contributed by atoms with Gasteiger partial charge in [0.05, 0.1) is 7.11 Å². The summed E-state index contributed by atoms with van der Waals surface area (Å²) in [4.78, 5) is 23.1. The molecule has 0 fully saturated rings. The molecule has 0 aliphatic heterocycles. The van der Waals surface area contributed by atoms with E-state index >= 15 is 0 Å². The summed E-state index contributed by atoms with van der Waals surface area (Å²) in [5.41, 5.74) is 0.258. The van der Waals surface area contributed by atoms with Gasteiger partial charge in [-0.25, -0.2) is 9.59 Å². The number of alkyl carbamates (subject to hydrolysis) is 1. The van der Waals surface area contributed by atoms with Crippen molar-refractivity contribution in [2.75, 3.05) is 7.11 Å². The second kappa shape index (κ2) is 7.03. The first-order valence-corrected chi connectivity index (χ1v) is 5.93. The van der Waals surface area contributed by atoms with Crippen LogP contribution in [-0.2, 0) is 14.3 Å². The molecule has 0 aromatic heterocycles. The second-order valence-electron chi connectivity index (χ2n) is 5.03. The highest BCUT2D eigenvalue weighted by Crippen LogP contribution is 2.11. The summed E-state index contributed by atoms with van der Waals surface area (Å²) in [6, 6.07) is -0.753. The smallest absolute Gasteiger partial charge is 0.408 e. The average molecular weight is 257 g/mol. The summed E-state index contributed by atoms with van der Waals surface area (Å²) in [5.74, 6) is -0.504. The average Bonchev–Trinajstić information content (AvgIpc) is 2.24. The molecule has 0 heterocycles. The number of carbonyl (C=O) groups is 2. The fourth-order valence-electron chi connectivity index (χ4n) is 1.22. The van der Waals surface area contributed by atoms with Gasteiger partial charge in [-0.15, -0.1) is 0 Å². The number of hydrogen-bond acceptors (Lipinski definition) is 4. The highest BCUT2D eigenvalue weighted by atomic mass is 16.6. The molecular formula is C13H23NO4. The zero-order valence-electron chi connectivity index (χ0n) is 11.8. The highest BCUT2D eigenvalue weighted by molar-refractivity contribution is 5.81. The molecule has 104 valence electrons. The fraction of sp³-hybridized carbons (Fsp3) is 0.692. The first kappa shape index (κ1) is 16.5. The summed E-state index contributed by atoms with van der Waals surface area (Å²) in [6.07, 6.45) is 0.452. The molecule has 0 bridgehead atoms. The molecule has 18 heavy (non-hydrogen) atoms. The summed E-state index contributed by atoms with van der Waals surface area (Å²) in [5, 5.41) is 2.49. The lowest BCUT2D eigenvalue weighted by Crippen LogP contribution is -2.44. The Kier molecular flexibility index (Phi) is 6.44. The van der Waals surface area contributed by atoms with Crippen LogP contribution in [0.15, 0.2) is 12.2 Å². The van der Waals surface area contributed by atoms with Crippen LogP contribution >= 0.6 is 0 Å². The van der Waals surface area contributed by atoms with Gasteiger partial charge < -0.3 is 14.8 Å². The van der Waals surface area contributed by atoms with Crippen LogP contribution in [0.25, 0.3) is 0 Å². The number of hydrogen-bond donors (Lipinski definition) is 1. The van der Waals surface area contributed by atoms with E-state index in [1.165, 1.54) is 7.11 Å². The monoisotopic (exact) mass is 257 g/mol. The van der Waals surface area contributed by atoms with Crippen molar-refractivity contribution in [3.05, 3.63) is 12.2 Å².